The Balaban J connectivity index is 2.67. The first-order valence-corrected chi connectivity index (χ1v) is 5.57. The van der Waals surface area contributed by atoms with E-state index in [1.54, 1.807) is 42.5 Å². The maximum absolute atomic E-state index is 9.94. The molecule has 0 amide bonds. The van der Waals surface area contributed by atoms with Crippen LogP contribution in [0.1, 0.15) is 11.1 Å². The molecular weight excluding hydrogens is 224 g/mol. The number of phenols is 2. The second-order valence-electron chi connectivity index (χ2n) is 3.96. The maximum atomic E-state index is 9.94. The van der Waals surface area contributed by atoms with Crippen LogP contribution in [0.2, 0.25) is 0 Å². The van der Waals surface area contributed by atoms with Crippen molar-refractivity contribution >= 4 is 12.2 Å². The maximum Gasteiger partial charge on any atom is 0.123 e. The molecule has 0 unspecified atom stereocenters. The zero-order chi connectivity index (χ0) is 13.1. The van der Waals surface area contributed by atoms with Crippen molar-refractivity contribution < 1.29 is 10.2 Å². The highest BCUT2D eigenvalue weighted by Crippen LogP contribution is 2.34. The van der Waals surface area contributed by atoms with E-state index in [1.807, 2.05) is 6.07 Å². The number of benzene rings is 2. The average Bonchev–Trinajstić information content (AvgIpc) is 2.39. The monoisotopic (exact) mass is 238 g/mol. The summed E-state index contributed by atoms with van der Waals surface area (Å²) < 4.78 is 0. The van der Waals surface area contributed by atoms with Crippen LogP contribution in [0.25, 0.3) is 23.3 Å². The molecule has 0 saturated heterocycles. The van der Waals surface area contributed by atoms with Crippen molar-refractivity contribution in [2.45, 2.75) is 0 Å². The fourth-order valence-corrected chi connectivity index (χ4v) is 1.86. The van der Waals surface area contributed by atoms with Gasteiger partial charge in [0.1, 0.15) is 11.5 Å². The van der Waals surface area contributed by atoms with Gasteiger partial charge in [0.2, 0.25) is 0 Å². The van der Waals surface area contributed by atoms with Crippen molar-refractivity contribution in [2.24, 2.45) is 0 Å². The second kappa shape index (κ2) is 4.80. The van der Waals surface area contributed by atoms with Gasteiger partial charge in [-0.2, -0.15) is 0 Å². The summed E-state index contributed by atoms with van der Waals surface area (Å²) >= 11 is 0. The van der Waals surface area contributed by atoms with Crippen molar-refractivity contribution in [1.29, 1.82) is 0 Å². The van der Waals surface area contributed by atoms with Gasteiger partial charge in [-0.25, -0.2) is 0 Å². The van der Waals surface area contributed by atoms with E-state index in [0.717, 1.165) is 16.7 Å². The van der Waals surface area contributed by atoms with Crippen LogP contribution >= 0.6 is 0 Å². The molecule has 0 aliphatic heterocycles. The van der Waals surface area contributed by atoms with E-state index in [1.165, 1.54) is 0 Å². The van der Waals surface area contributed by atoms with Crippen molar-refractivity contribution in [1.82, 2.24) is 0 Å². The minimum Gasteiger partial charge on any atom is -0.508 e. The molecular formula is C16H14O2. The van der Waals surface area contributed by atoms with Gasteiger partial charge in [0.15, 0.2) is 0 Å². The molecule has 0 bridgehead atoms. The summed E-state index contributed by atoms with van der Waals surface area (Å²) in [5, 5.41) is 19.4. The highest BCUT2D eigenvalue weighted by atomic mass is 16.3. The van der Waals surface area contributed by atoms with Crippen LogP contribution in [0.4, 0.5) is 0 Å². The van der Waals surface area contributed by atoms with Gasteiger partial charge < -0.3 is 10.2 Å². The predicted molar refractivity (Wildman–Crippen MR) is 75.4 cm³/mol. The smallest absolute Gasteiger partial charge is 0.123 e. The molecule has 0 spiro atoms. The van der Waals surface area contributed by atoms with E-state index in [9.17, 15) is 10.2 Å². The van der Waals surface area contributed by atoms with Gasteiger partial charge in [-0.3, -0.25) is 0 Å². The van der Waals surface area contributed by atoms with Gasteiger partial charge >= 0.3 is 0 Å². The molecule has 0 heterocycles. The van der Waals surface area contributed by atoms with Crippen LogP contribution in [0.15, 0.2) is 49.6 Å². The Bertz CT molecular complexity index is 612. The Labute approximate surface area is 106 Å². The first kappa shape index (κ1) is 12.0. The van der Waals surface area contributed by atoms with Crippen LogP contribution in [0.5, 0.6) is 11.5 Å². The summed E-state index contributed by atoms with van der Waals surface area (Å²) in [6.07, 6.45) is 3.37. The van der Waals surface area contributed by atoms with Gasteiger partial charge in [-0.15, -0.1) is 0 Å². The third kappa shape index (κ3) is 2.13. The fourth-order valence-electron chi connectivity index (χ4n) is 1.86. The SMILES string of the molecule is C=Cc1ccc(O)c(-c2ccc(O)cc2C=C)c1. The summed E-state index contributed by atoms with van der Waals surface area (Å²) in [6, 6.07) is 10.2. The molecule has 0 radical (unpaired) electrons. The van der Waals surface area contributed by atoms with E-state index in [0.29, 0.717) is 5.56 Å². The van der Waals surface area contributed by atoms with Crippen molar-refractivity contribution in [3.05, 3.63) is 60.7 Å². The largest absolute Gasteiger partial charge is 0.508 e. The Kier molecular flexibility index (Phi) is 3.20. The second-order valence-corrected chi connectivity index (χ2v) is 3.96. The molecule has 2 N–H and O–H groups in total. The lowest BCUT2D eigenvalue weighted by molar-refractivity contribution is 0.474. The lowest BCUT2D eigenvalue weighted by atomic mass is 9.97. The summed E-state index contributed by atoms with van der Waals surface area (Å²) in [5.41, 5.74) is 3.21. The van der Waals surface area contributed by atoms with Gasteiger partial charge in [0, 0.05) is 5.56 Å². The standard InChI is InChI=1S/C16H14O2/c1-3-11-5-8-16(18)15(9-11)14-7-6-13(17)10-12(14)4-2/h3-10,17-18H,1-2H2. The zero-order valence-corrected chi connectivity index (χ0v) is 9.93. The third-order valence-electron chi connectivity index (χ3n) is 2.80. The normalized spacial score (nSPS) is 10.0. The number of aromatic hydroxyl groups is 2. The van der Waals surface area contributed by atoms with Crippen molar-refractivity contribution in [3.8, 4) is 22.6 Å². The van der Waals surface area contributed by atoms with Crippen LogP contribution in [0.3, 0.4) is 0 Å². The Hall–Kier alpha value is -2.48. The molecule has 18 heavy (non-hydrogen) atoms. The van der Waals surface area contributed by atoms with Gasteiger partial charge in [0.25, 0.3) is 0 Å². The Morgan fingerprint density at radius 3 is 2.28 bits per heavy atom. The van der Waals surface area contributed by atoms with Crippen LogP contribution in [0, 0.1) is 0 Å². The van der Waals surface area contributed by atoms with Crippen molar-refractivity contribution in [3.63, 3.8) is 0 Å². The average molecular weight is 238 g/mol. The molecule has 2 heteroatoms. The van der Waals surface area contributed by atoms with Crippen LogP contribution in [-0.2, 0) is 0 Å². The Morgan fingerprint density at radius 1 is 0.833 bits per heavy atom. The molecule has 2 rings (SSSR count). The van der Waals surface area contributed by atoms with Gasteiger partial charge in [-0.05, 0) is 47.0 Å². The first-order chi connectivity index (χ1) is 8.65. The molecule has 0 fully saturated rings. The Morgan fingerprint density at radius 2 is 1.61 bits per heavy atom. The molecule has 0 aromatic heterocycles. The summed E-state index contributed by atoms with van der Waals surface area (Å²) in [6.45, 7) is 7.43. The minimum atomic E-state index is 0.174. The number of hydrogen-bond acceptors (Lipinski definition) is 2. The molecule has 2 aromatic rings. The topological polar surface area (TPSA) is 40.5 Å². The molecule has 0 aliphatic carbocycles. The summed E-state index contributed by atoms with van der Waals surface area (Å²) in [5.74, 6) is 0.363. The fraction of sp³-hybridized carbons (Fsp3) is 0. The highest BCUT2D eigenvalue weighted by molar-refractivity contribution is 5.80. The van der Waals surface area contributed by atoms with E-state index < -0.39 is 0 Å². The van der Waals surface area contributed by atoms with E-state index in [2.05, 4.69) is 13.2 Å². The highest BCUT2D eigenvalue weighted by Gasteiger charge is 2.09. The number of phenolic OH excluding ortho intramolecular Hbond substituents is 2. The van der Waals surface area contributed by atoms with Gasteiger partial charge in [0.05, 0.1) is 0 Å². The molecule has 2 aromatic carbocycles. The quantitative estimate of drug-likeness (QED) is 0.846. The first-order valence-electron chi connectivity index (χ1n) is 5.57. The molecule has 0 saturated carbocycles. The lowest BCUT2D eigenvalue weighted by Gasteiger charge is -2.10. The third-order valence-corrected chi connectivity index (χ3v) is 2.80. The number of rotatable bonds is 3. The summed E-state index contributed by atoms with van der Waals surface area (Å²) in [4.78, 5) is 0. The van der Waals surface area contributed by atoms with E-state index >= 15 is 0 Å². The van der Waals surface area contributed by atoms with E-state index in [-0.39, 0.29) is 11.5 Å². The molecule has 90 valence electrons. The van der Waals surface area contributed by atoms with Crippen LogP contribution in [-0.4, -0.2) is 10.2 Å². The predicted octanol–water partition coefficient (Wildman–Crippen LogP) is 4.05. The summed E-state index contributed by atoms with van der Waals surface area (Å²) in [7, 11) is 0. The van der Waals surface area contributed by atoms with Crippen LogP contribution < -0.4 is 0 Å². The van der Waals surface area contributed by atoms with Crippen molar-refractivity contribution in [2.75, 3.05) is 0 Å². The number of hydrogen-bond donors (Lipinski definition) is 2. The molecule has 2 nitrogen and oxygen atoms in total. The molecule has 0 aliphatic rings. The lowest BCUT2D eigenvalue weighted by Crippen LogP contribution is -1.85. The molecule has 0 atom stereocenters. The minimum absolute atomic E-state index is 0.174. The van der Waals surface area contributed by atoms with E-state index in [4.69, 9.17) is 0 Å². The zero-order valence-electron chi connectivity index (χ0n) is 9.93. The van der Waals surface area contributed by atoms with Gasteiger partial charge in [-0.1, -0.05) is 31.4 Å².